The summed E-state index contributed by atoms with van der Waals surface area (Å²) in [5.74, 6) is -3.66. The van der Waals surface area contributed by atoms with E-state index in [4.69, 9.17) is 0 Å². The summed E-state index contributed by atoms with van der Waals surface area (Å²) in [5, 5.41) is 12.6. The number of alkyl halides is 3. The number of carbonyl (C=O) groups is 1. The van der Waals surface area contributed by atoms with Crippen molar-refractivity contribution in [1.29, 1.82) is 0 Å². The lowest BCUT2D eigenvalue weighted by Crippen LogP contribution is -2.35. The number of anilines is 2. The van der Waals surface area contributed by atoms with Gasteiger partial charge in [-0.25, -0.2) is 18.6 Å². The molecule has 1 aromatic carbocycles. The molecule has 0 amide bonds. The van der Waals surface area contributed by atoms with Gasteiger partial charge in [-0.05, 0) is 31.5 Å². The molecule has 2 saturated heterocycles. The maximum absolute atomic E-state index is 15.7. The van der Waals surface area contributed by atoms with E-state index in [-0.39, 0.29) is 22.6 Å². The number of carboxylic acids is 1. The number of aromatic nitrogens is 3. The summed E-state index contributed by atoms with van der Waals surface area (Å²) in [6, 6.07) is 3.87. The Balaban J connectivity index is 1.57. The Kier molecular flexibility index (Phi) is 6.15. The van der Waals surface area contributed by atoms with Crippen LogP contribution in [0.3, 0.4) is 0 Å². The number of rotatable bonds is 4. The van der Waals surface area contributed by atoms with Gasteiger partial charge in [0.15, 0.2) is 11.6 Å². The average Bonchev–Trinajstić information content (AvgIpc) is 3.66. The van der Waals surface area contributed by atoms with Crippen molar-refractivity contribution in [1.82, 2.24) is 19.3 Å². The highest BCUT2D eigenvalue weighted by Crippen LogP contribution is 2.47. The van der Waals surface area contributed by atoms with Gasteiger partial charge in [0.1, 0.15) is 11.2 Å². The van der Waals surface area contributed by atoms with Crippen molar-refractivity contribution in [3.63, 3.8) is 0 Å². The Morgan fingerprint density at radius 1 is 1.16 bits per heavy atom. The SMILES string of the molecule is CNc1cc(F)c(F)c2c1[nH]c1ncc(-c3ccc4c(C(F)(F)F)cc(C(=O)O)c(=O)n4c3)c(N3CC[C@@H]4CN(C)C[C@@H]43)c12. The number of benzene rings is 1. The molecule has 0 spiro atoms. The molecule has 2 atom stereocenters. The van der Waals surface area contributed by atoms with Crippen molar-refractivity contribution in [2.45, 2.75) is 18.6 Å². The largest absolute Gasteiger partial charge is 0.477 e. The van der Waals surface area contributed by atoms with Gasteiger partial charge in [0, 0.05) is 62.3 Å². The molecule has 2 aliphatic heterocycles. The van der Waals surface area contributed by atoms with Crippen molar-refractivity contribution in [2.24, 2.45) is 5.92 Å². The third kappa shape index (κ3) is 4.03. The Morgan fingerprint density at radius 2 is 1.93 bits per heavy atom. The molecule has 2 fully saturated rings. The fraction of sp³-hybridized carbons (Fsp3) is 0.300. The zero-order valence-electron chi connectivity index (χ0n) is 23.4. The van der Waals surface area contributed by atoms with Gasteiger partial charge < -0.3 is 25.2 Å². The lowest BCUT2D eigenvalue weighted by Gasteiger charge is -2.29. The minimum absolute atomic E-state index is 0.00770. The number of aromatic amines is 1. The van der Waals surface area contributed by atoms with Gasteiger partial charge in [-0.1, -0.05) is 6.07 Å². The number of aromatic carboxylic acids is 1. The third-order valence-corrected chi connectivity index (χ3v) is 8.86. The molecule has 0 bridgehead atoms. The Labute approximate surface area is 245 Å². The van der Waals surface area contributed by atoms with Gasteiger partial charge in [0.25, 0.3) is 5.56 Å². The topological polar surface area (TPSA) is 106 Å². The second kappa shape index (κ2) is 9.64. The second-order valence-electron chi connectivity index (χ2n) is 11.4. The quantitative estimate of drug-likeness (QED) is 0.241. The number of halogens is 5. The fourth-order valence-electron chi connectivity index (χ4n) is 6.94. The number of fused-ring (bicyclic) bond motifs is 5. The van der Waals surface area contributed by atoms with Gasteiger partial charge in [-0.15, -0.1) is 0 Å². The molecular weight excluding hydrogens is 587 g/mol. The van der Waals surface area contributed by atoms with Crippen LogP contribution in [0.4, 0.5) is 33.3 Å². The normalized spacial score (nSPS) is 19.0. The summed E-state index contributed by atoms with van der Waals surface area (Å²) in [7, 11) is 3.57. The number of hydrogen-bond donors (Lipinski definition) is 3. The van der Waals surface area contributed by atoms with Crippen LogP contribution in [0.15, 0.2) is 41.5 Å². The molecule has 7 rings (SSSR count). The summed E-state index contributed by atoms with van der Waals surface area (Å²) in [4.78, 5) is 36.8. The molecule has 5 aromatic rings. The Bertz CT molecular complexity index is 2090. The van der Waals surface area contributed by atoms with E-state index in [0.717, 1.165) is 31.3 Å². The fourth-order valence-corrected chi connectivity index (χ4v) is 6.94. The van der Waals surface area contributed by atoms with Crippen molar-refractivity contribution in [2.75, 3.05) is 43.9 Å². The maximum Gasteiger partial charge on any atom is 0.418 e. The summed E-state index contributed by atoms with van der Waals surface area (Å²) < 4.78 is 73.1. The molecule has 14 heteroatoms. The van der Waals surface area contributed by atoms with Crippen molar-refractivity contribution in [3.8, 4) is 11.1 Å². The van der Waals surface area contributed by atoms with Crippen LogP contribution >= 0.6 is 0 Å². The number of pyridine rings is 3. The average molecular weight is 613 g/mol. The van der Waals surface area contributed by atoms with Crippen molar-refractivity contribution in [3.05, 3.63) is 69.8 Å². The van der Waals surface area contributed by atoms with Crippen LogP contribution in [-0.4, -0.2) is 70.1 Å². The summed E-state index contributed by atoms with van der Waals surface area (Å²) in [6.45, 7) is 2.12. The smallest absolute Gasteiger partial charge is 0.418 e. The van der Waals surface area contributed by atoms with Crippen LogP contribution in [0.25, 0.3) is 38.6 Å². The first-order valence-corrected chi connectivity index (χ1v) is 13.8. The highest BCUT2D eigenvalue weighted by Gasteiger charge is 2.42. The molecule has 4 aromatic heterocycles. The molecule has 0 radical (unpaired) electrons. The highest BCUT2D eigenvalue weighted by atomic mass is 19.4. The van der Waals surface area contributed by atoms with Crippen molar-refractivity contribution >= 4 is 44.8 Å². The van der Waals surface area contributed by atoms with Gasteiger partial charge >= 0.3 is 12.1 Å². The van der Waals surface area contributed by atoms with E-state index >= 15 is 4.39 Å². The van der Waals surface area contributed by atoms with E-state index in [1.165, 1.54) is 12.3 Å². The number of likely N-dealkylation sites (tertiary alicyclic amines) is 1. The van der Waals surface area contributed by atoms with Crippen LogP contribution in [0.5, 0.6) is 0 Å². The lowest BCUT2D eigenvalue weighted by atomic mass is 10.00. The standard InChI is InChI=1S/C30H25F5N6O3/c1-36-19-8-18(31)24(32)22-23-26(40-6-5-14-10-39(2)12-21(14)40)16(9-37-27(23)38-25(19)22)13-3-4-20-17(30(33,34)35)7-15(29(43)44)28(42)41(20)11-13/h3-4,7-9,11,14,21,36H,5-6,10,12H2,1-2H3,(H,37,38)(H,43,44)/t14-,21+/m1/s1. The molecule has 228 valence electrons. The van der Waals surface area contributed by atoms with Gasteiger partial charge in [-0.2, -0.15) is 13.2 Å². The first-order chi connectivity index (χ1) is 20.9. The van der Waals surface area contributed by atoms with Crippen LogP contribution in [0, 0.1) is 17.6 Å². The van der Waals surface area contributed by atoms with E-state index in [1.807, 2.05) is 7.05 Å². The van der Waals surface area contributed by atoms with E-state index in [0.29, 0.717) is 57.3 Å². The monoisotopic (exact) mass is 612 g/mol. The molecule has 3 N–H and O–H groups in total. The number of H-pyrrole nitrogens is 1. The number of nitrogens with one attached hydrogen (secondary N) is 2. The second-order valence-corrected chi connectivity index (χ2v) is 11.4. The van der Waals surface area contributed by atoms with Crippen LogP contribution in [0.1, 0.15) is 22.3 Å². The first-order valence-electron chi connectivity index (χ1n) is 13.8. The lowest BCUT2D eigenvalue weighted by molar-refractivity contribution is -0.136. The molecular formula is C30H25F5N6O3. The van der Waals surface area contributed by atoms with Crippen LogP contribution < -0.4 is 15.8 Å². The Morgan fingerprint density at radius 3 is 2.64 bits per heavy atom. The maximum atomic E-state index is 15.7. The molecule has 2 aliphatic rings. The summed E-state index contributed by atoms with van der Waals surface area (Å²) in [5.41, 5.74) is -2.00. The molecule has 0 aliphatic carbocycles. The van der Waals surface area contributed by atoms with Crippen LogP contribution in [0.2, 0.25) is 0 Å². The molecule has 9 nitrogen and oxygen atoms in total. The third-order valence-electron chi connectivity index (χ3n) is 8.86. The van der Waals surface area contributed by atoms with Gasteiger partial charge in [-0.3, -0.25) is 9.20 Å². The molecule has 6 heterocycles. The zero-order valence-corrected chi connectivity index (χ0v) is 23.4. The predicted octanol–water partition coefficient (Wildman–Crippen LogP) is 5.17. The van der Waals surface area contributed by atoms with Gasteiger partial charge in [0.05, 0.1) is 38.7 Å². The molecule has 0 unspecified atom stereocenters. The first kappa shape index (κ1) is 28.1. The number of hydrogen-bond acceptors (Lipinski definition) is 6. The highest BCUT2D eigenvalue weighted by molar-refractivity contribution is 6.18. The van der Waals surface area contributed by atoms with E-state index in [9.17, 15) is 32.3 Å². The minimum Gasteiger partial charge on any atom is -0.477 e. The van der Waals surface area contributed by atoms with Crippen molar-refractivity contribution < 1.29 is 31.9 Å². The van der Waals surface area contributed by atoms with Crippen LogP contribution in [-0.2, 0) is 6.18 Å². The zero-order chi connectivity index (χ0) is 31.2. The number of nitrogens with zero attached hydrogens (tertiary/aromatic N) is 4. The predicted molar refractivity (Wildman–Crippen MR) is 154 cm³/mol. The summed E-state index contributed by atoms with van der Waals surface area (Å²) >= 11 is 0. The number of likely N-dealkylation sites (N-methyl/N-ethyl adjacent to an activating group) is 1. The Hall–Kier alpha value is -4.72. The minimum atomic E-state index is -4.94. The number of carboxylic acid groups (broad SMARTS) is 1. The van der Waals surface area contributed by atoms with Gasteiger partial charge in [0.2, 0.25) is 0 Å². The van der Waals surface area contributed by atoms with E-state index in [1.54, 1.807) is 7.05 Å². The summed E-state index contributed by atoms with van der Waals surface area (Å²) in [6.07, 6.45) is -1.49. The molecule has 44 heavy (non-hydrogen) atoms. The van der Waals surface area contributed by atoms with E-state index < -0.39 is 46.0 Å². The molecule has 0 saturated carbocycles. The van der Waals surface area contributed by atoms with E-state index in [2.05, 4.69) is 25.1 Å².